The van der Waals surface area contributed by atoms with E-state index in [-0.39, 0.29) is 5.56 Å². The number of nitrogens with zero attached hydrogens (tertiary/aromatic N) is 3. The molecule has 2 aromatic carbocycles. The van der Waals surface area contributed by atoms with Crippen molar-refractivity contribution in [3.63, 3.8) is 0 Å². The molecule has 5 nitrogen and oxygen atoms in total. The zero-order chi connectivity index (χ0) is 20.9. The number of rotatable bonds is 7. The Morgan fingerprint density at radius 3 is 2.57 bits per heavy atom. The van der Waals surface area contributed by atoms with Gasteiger partial charge in [-0.25, -0.2) is 14.8 Å². The molecule has 1 saturated heterocycles. The van der Waals surface area contributed by atoms with E-state index in [1.54, 1.807) is 0 Å². The molecule has 1 N–H and O–H groups in total. The van der Waals surface area contributed by atoms with Gasteiger partial charge in [-0.15, -0.1) is 0 Å². The van der Waals surface area contributed by atoms with Crippen molar-refractivity contribution in [1.82, 2.24) is 9.97 Å². The van der Waals surface area contributed by atoms with Gasteiger partial charge in [-0.1, -0.05) is 54.1 Å². The fourth-order valence-corrected chi connectivity index (χ4v) is 4.15. The van der Waals surface area contributed by atoms with E-state index in [9.17, 15) is 9.90 Å². The number of hydrogen-bond donors (Lipinski definition) is 1. The predicted molar refractivity (Wildman–Crippen MR) is 118 cm³/mol. The lowest BCUT2D eigenvalue weighted by molar-refractivity contribution is 0.0694. The van der Waals surface area contributed by atoms with Crippen molar-refractivity contribution in [2.75, 3.05) is 11.4 Å². The van der Waals surface area contributed by atoms with Crippen LogP contribution in [0.1, 0.15) is 40.0 Å². The first-order valence-corrected chi connectivity index (χ1v) is 10.6. The standard InChI is InChI=1S/C24H24ClN3O2/c25-19-11-8-18(9-12-19)15-20-7-4-14-28(20)24-26-16-21(23(29)30)22(27-24)13-10-17-5-2-1-3-6-17/h1-3,5-6,8-9,11-12,16,20H,4,7,10,13-15H2,(H,29,30). The Bertz CT molecular complexity index is 1010. The lowest BCUT2D eigenvalue weighted by Crippen LogP contribution is -2.33. The SMILES string of the molecule is O=C(O)c1cnc(N2CCCC2Cc2ccc(Cl)cc2)nc1CCc1ccccc1. The lowest BCUT2D eigenvalue weighted by atomic mass is 10.0. The molecule has 1 aromatic heterocycles. The smallest absolute Gasteiger partial charge is 0.339 e. The Kier molecular flexibility index (Phi) is 6.29. The van der Waals surface area contributed by atoms with E-state index >= 15 is 0 Å². The molecule has 0 spiro atoms. The largest absolute Gasteiger partial charge is 0.478 e. The number of anilines is 1. The molecule has 154 valence electrons. The van der Waals surface area contributed by atoms with Gasteiger partial charge in [0.15, 0.2) is 0 Å². The molecule has 2 heterocycles. The van der Waals surface area contributed by atoms with Gasteiger partial charge in [0.1, 0.15) is 0 Å². The van der Waals surface area contributed by atoms with Crippen molar-refractivity contribution in [3.05, 3.63) is 88.2 Å². The van der Waals surface area contributed by atoms with Crippen molar-refractivity contribution in [3.8, 4) is 0 Å². The quantitative estimate of drug-likeness (QED) is 0.592. The normalized spacial score (nSPS) is 16.0. The second-order valence-electron chi connectivity index (χ2n) is 7.64. The molecule has 3 aromatic rings. The third-order valence-corrected chi connectivity index (χ3v) is 5.85. The van der Waals surface area contributed by atoms with Crippen LogP contribution >= 0.6 is 11.6 Å². The summed E-state index contributed by atoms with van der Waals surface area (Å²) in [5.74, 6) is -0.358. The van der Waals surface area contributed by atoms with Gasteiger partial charge in [0.25, 0.3) is 0 Å². The number of carbonyl (C=O) groups is 1. The molecule has 0 bridgehead atoms. The molecule has 1 atom stereocenters. The van der Waals surface area contributed by atoms with E-state index in [0.717, 1.165) is 42.8 Å². The minimum atomic E-state index is -0.983. The van der Waals surface area contributed by atoms with Crippen LogP contribution in [0, 0.1) is 0 Å². The number of aromatic nitrogens is 2. The Balaban J connectivity index is 1.55. The van der Waals surface area contributed by atoms with Gasteiger partial charge in [-0.05, 0) is 55.4 Å². The Hall–Kier alpha value is -2.92. The summed E-state index contributed by atoms with van der Waals surface area (Å²) >= 11 is 6.01. The molecule has 30 heavy (non-hydrogen) atoms. The second kappa shape index (κ2) is 9.26. The van der Waals surface area contributed by atoms with Crippen LogP contribution in [0.4, 0.5) is 5.95 Å². The monoisotopic (exact) mass is 421 g/mol. The zero-order valence-corrected chi connectivity index (χ0v) is 17.4. The van der Waals surface area contributed by atoms with E-state index < -0.39 is 5.97 Å². The van der Waals surface area contributed by atoms with Crippen LogP contribution in [-0.2, 0) is 19.3 Å². The number of aryl methyl sites for hydroxylation is 2. The minimum Gasteiger partial charge on any atom is -0.478 e. The molecule has 1 aliphatic heterocycles. The van der Waals surface area contributed by atoms with Crippen LogP contribution in [0.3, 0.4) is 0 Å². The Labute approximate surface area is 181 Å². The maximum Gasteiger partial charge on any atom is 0.339 e. The molecule has 1 unspecified atom stereocenters. The average molecular weight is 422 g/mol. The highest BCUT2D eigenvalue weighted by Crippen LogP contribution is 2.26. The van der Waals surface area contributed by atoms with Crippen molar-refractivity contribution >= 4 is 23.5 Å². The molecule has 1 fully saturated rings. The summed E-state index contributed by atoms with van der Waals surface area (Å²) < 4.78 is 0. The van der Waals surface area contributed by atoms with Gasteiger partial charge >= 0.3 is 5.97 Å². The summed E-state index contributed by atoms with van der Waals surface area (Å²) in [4.78, 5) is 23.0. The van der Waals surface area contributed by atoms with Gasteiger partial charge in [-0.3, -0.25) is 0 Å². The first kappa shape index (κ1) is 20.4. The highest BCUT2D eigenvalue weighted by Gasteiger charge is 2.28. The van der Waals surface area contributed by atoms with Gasteiger partial charge in [0, 0.05) is 23.8 Å². The Morgan fingerprint density at radius 2 is 1.83 bits per heavy atom. The maximum absolute atomic E-state index is 11.7. The summed E-state index contributed by atoms with van der Waals surface area (Å²) in [6, 6.07) is 18.3. The number of benzene rings is 2. The number of carboxylic acid groups (broad SMARTS) is 1. The summed E-state index contributed by atoms with van der Waals surface area (Å²) in [7, 11) is 0. The number of aromatic carboxylic acids is 1. The molecule has 0 radical (unpaired) electrons. The summed E-state index contributed by atoms with van der Waals surface area (Å²) in [5, 5.41) is 10.3. The van der Waals surface area contributed by atoms with Gasteiger partial charge in [0.2, 0.25) is 5.95 Å². The molecule has 0 saturated carbocycles. The van der Waals surface area contributed by atoms with E-state index in [1.807, 2.05) is 42.5 Å². The van der Waals surface area contributed by atoms with E-state index in [2.05, 4.69) is 22.0 Å². The third-order valence-electron chi connectivity index (χ3n) is 5.60. The molecule has 4 rings (SSSR count). The maximum atomic E-state index is 11.7. The highest BCUT2D eigenvalue weighted by atomic mass is 35.5. The van der Waals surface area contributed by atoms with E-state index in [0.29, 0.717) is 24.1 Å². The van der Waals surface area contributed by atoms with Gasteiger partial charge < -0.3 is 10.0 Å². The lowest BCUT2D eigenvalue weighted by Gasteiger charge is -2.25. The summed E-state index contributed by atoms with van der Waals surface area (Å²) in [5.41, 5.74) is 3.16. The van der Waals surface area contributed by atoms with Crippen molar-refractivity contribution in [1.29, 1.82) is 0 Å². The van der Waals surface area contributed by atoms with Gasteiger partial charge in [-0.2, -0.15) is 0 Å². The topological polar surface area (TPSA) is 66.3 Å². The molecule has 0 aliphatic carbocycles. The average Bonchev–Trinajstić information content (AvgIpc) is 3.22. The third kappa shape index (κ3) is 4.79. The fraction of sp³-hybridized carbons (Fsp3) is 0.292. The second-order valence-corrected chi connectivity index (χ2v) is 8.08. The predicted octanol–water partition coefficient (Wildman–Crippen LogP) is 4.82. The summed E-state index contributed by atoms with van der Waals surface area (Å²) in [6.45, 7) is 0.878. The summed E-state index contributed by atoms with van der Waals surface area (Å²) in [6.07, 6.45) is 5.79. The first-order valence-electron chi connectivity index (χ1n) is 10.2. The fourth-order valence-electron chi connectivity index (χ4n) is 4.03. The van der Waals surface area contributed by atoms with Crippen LogP contribution < -0.4 is 4.90 Å². The van der Waals surface area contributed by atoms with Crippen molar-refractivity contribution < 1.29 is 9.90 Å². The molecular formula is C24H24ClN3O2. The van der Waals surface area contributed by atoms with Crippen molar-refractivity contribution in [2.24, 2.45) is 0 Å². The molecule has 6 heteroatoms. The van der Waals surface area contributed by atoms with Crippen LogP contribution in [-0.4, -0.2) is 33.6 Å². The van der Waals surface area contributed by atoms with E-state index in [4.69, 9.17) is 16.6 Å². The number of hydrogen-bond acceptors (Lipinski definition) is 4. The van der Waals surface area contributed by atoms with Crippen LogP contribution in [0.25, 0.3) is 0 Å². The highest BCUT2D eigenvalue weighted by molar-refractivity contribution is 6.30. The number of halogens is 1. The van der Waals surface area contributed by atoms with Gasteiger partial charge in [0.05, 0.1) is 11.3 Å². The molecule has 1 aliphatic rings. The minimum absolute atomic E-state index is 0.183. The first-order chi connectivity index (χ1) is 14.6. The zero-order valence-electron chi connectivity index (χ0n) is 16.7. The Morgan fingerprint density at radius 1 is 1.07 bits per heavy atom. The molecular weight excluding hydrogens is 398 g/mol. The van der Waals surface area contributed by atoms with Crippen LogP contribution in [0.5, 0.6) is 0 Å². The van der Waals surface area contributed by atoms with Crippen molar-refractivity contribution in [2.45, 2.75) is 38.1 Å². The van der Waals surface area contributed by atoms with Crippen LogP contribution in [0.2, 0.25) is 5.02 Å². The van der Waals surface area contributed by atoms with Crippen LogP contribution in [0.15, 0.2) is 60.8 Å². The van der Waals surface area contributed by atoms with E-state index in [1.165, 1.54) is 11.8 Å². The molecule has 0 amide bonds. The number of carboxylic acids is 1.